The van der Waals surface area contributed by atoms with Gasteiger partial charge in [-0.3, -0.25) is 9.59 Å². The second-order valence-corrected chi connectivity index (χ2v) is 5.34. The maximum atomic E-state index is 11.3. The molecule has 1 N–H and O–H groups in total. The number of ketones is 1. The van der Waals surface area contributed by atoms with Crippen LogP contribution in [0.4, 0.5) is 4.79 Å². The van der Waals surface area contributed by atoms with Gasteiger partial charge in [0.1, 0.15) is 5.78 Å². The van der Waals surface area contributed by atoms with Gasteiger partial charge in [0.05, 0.1) is 0 Å². The lowest BCUT2D eigenvalue weighted by molar-refractivity contribution is -0.125. The van der Waals surface area contributed by atoms with Crippen molar-refractivity contribution < 1.29 is 9.59 Å². The number of carbonyl (C=O) groups excluding carboxylic acids is 2. The Hall–Kier alpha value is -0.510. The van der Waals surface area contributed by atoms with Crippen molar-refractivity contribution in [3.05, 3.63) is 0 Å². The minimum Gasteiger partial charge on any atom is -0.342 e. The molecule has 0 aliphatic rings. The van der Waals surface area contributed by atoms with E-state index in [1.165, 1.54) is 0 Å². The molecule has 0 heterocycles. The van der Waals surface area contributed by atoms with Crippen LogP contribution in [-0.2, 0) is 4.79 Å². The van der Waals surface area contributed by atoms with E-state index >= 15 is 0 Å². The monoisotopic (exact) mass is 247 g/mol. The molecule has 0 aliphatic heterocycles. The zero-order chi connectivity index (χ0) is 13.6. The number of amides is 1. The molecular formula is C12H25NO2S. The van der Waals surface area contributed by atoms with Gasteiger partial charge in [-0.15, -0.1) is 0 Å². The summed E-state index contributed by atoms with van der Waals surface area (Å²) in [7, 11) is 0. The molecule has 4 heteroatoms. The van der Waals surface area contributed by atoms with Crippen LogP contribution in [0.5, 0.6) is 0 Å². The third-order valence-electron chi connectivity index (χ3n) is 2.28. The SMILES string of the molecule is CC.CC(=O)C(C)(C)CC(C)(C)NC(=O)S. The number of thiol groups is 1. The fourth-order valence-electron chi connectivity index (χ4n) is 1.56. The largest absolute Gasteiger partial charge is 0.342 e. The first-order valence-corrected chi connectivity index (χ1v) is 6.04. The summed E-state index contributed by atoms with van der Waals surface area (Å²) in [5.41, 5.74) is -0.826. The molecule has 0 aromatic heterocycles. The zero-order valence-electron chi connectivity index (χ0n) is 11.5. The van der Waals surface area contributed by atoms with E-state index in [0.717, 1.165) is 0 Å². The summed E-state index contributed by atoms with van der Waals surface area (Å²) >= 11 is 3.66. The topological polar surface area (TPSA) is 46.2 Å². The number of nitrogens with one attached hydrogen (secondary N) is 1. The third-order valence-corrected chi connectivity index (χ3v) is 2.39. The molecule has 0 fully saturated rings. The van der Waals surface area contributed by atoms with Gasteiger partial charge >= 0.3 is 0 Å². The summed E-state index contributed by atoms with van der Waals surface area (Å²) in [6.07, 6.45) is 0.599. The Morgan fingerprint density at radius 3 is 1.75 bits per heavy atom. The summed E-state index contributed by atoms with van der Waals surface area (Å²) < 4.78 is 0. The second-order valence-electron chi connectivity index (χ2n) is 4.93. The van der Waals surface area contributed by atoms with Crippen molar-refractivity contribution in [2.45, 2.75) is 60.4 Å². The molecule has 0 aromatic rings. The van der Waals surface area contributed by atoms with Crippen LogP contribution in [0, 0.1) is 5.41 Å². The minimum absolute atomic E-state index is 0.124. The fraction of sp³-hybridized carbons (Fsp3) is 0.833. The molecule has 16 heavy (non-hydrogen) atoms. The van der Waals surface area contributed by atoms with Crippen molar-refractivity contribution in [1.82, 2.24) is 5.32 Å². The predicted molar refractivity (Wildman–Crippen MR) is 72.0 cm³/mol. The Morgan fingerprint density at radius 1 is 1.12 bits per heavy atom. The van der Waals surface area contributed by atoms with Crippen molar-refractivity contribution >= 4 is 23.7 Å². The summed E-state index contributed by atoms with van der Waals surface area (Å²) in [5, 5.41) is 2.34. The molecule has 0 bridgehead atoms. The van der Waals surface area contributed by atoms with Crippen LogP contribution in [-0.4, -0.2) is 16.6 Å². The molecular weight excluding hydrogens is 222 g/mol. The first-order chi connectivity index (χ1) is 7.07. The van der Waals surface area contributed by atoms with Crippen LogP contribution in [0.1, 0.15) is 54.9 Å². The number of carbonyl (C=O) groups is 2. The lowest BCUT2D eigenvalue weighted by atomic mass is 9.77. The van der Waals surface area contributed by atoms with E-state index < -0.39 is 11.0 Å². The van der Waals surface area contributed by atoms with Crippen molar-refractivity contribution in [3.63, 3.8) is 0 Å². The first kappa shape index (κ1) is 17.9. The number of Topliss-reactive ketones (excluding diaryl/α,β-unsaturated/α-hetero) is 1. The second kappa shape index (κ2) is 6.94. The van der Waals surface area contributed by atoms with Gasteiger partial charge in [-0.25, -0.2) is 0 Å². The quantitative estimate of drug-likeness (QED) is 0.748. The highest BCUT2D eigenvalue weighted by Crippen LogP contribution is 2.28. The summed E-state index contributed by atoms with van der Waals surface area (Å²) in [4.78, 5) is 22.1. The third kappa shape index (κ3) is 7.74. The maximum Gasteiger partial charge on any atom is 0.276 e. The van der Waals surface area contributed by atoms with E-state index in [1.54, 1.807) is 6.92 Å². The number of rotatable bonds is 4. The van der Waals surface area contributed by atoms with Crippen LogP contribution in [0.15, 0.2) is 0 Å². The zero-order valence-corrected chi connectivity index (χ0v) is 12.4. The highest BCUT2D eigenvalue weighted by atomic mass is 32.1. The van der Waals surface area contributed by atoms with Gasteiger partial charge in [-0.2, -0.15) is 0 Å². The van der Waals surface area contributed by atoms with Crippen molar-refractivity contribution in [2.75, 3.05) is 0 Å². The summed E-state index contributed by atoms with van der Waals surface area (Å²) in [6.45, 7) is 13.1. The van der Waals surface area contributed by atoms with Crippen LogP contribution in [0.2, 0.25) is 0 Å². The van der Waals surface area contributed by atoms with Crippen molar-refractivity contribution in [2.24, 2.45) is 5.41 Å². The highest BCUT2D eigenvalue weighted by Gasteiger charge is 2.32. The lowest BCUT2D eigenvalue weighted by Crippen LogP contribution is -2.45. The molecule has 1 amide bonds. The molecule has 0 rings (SSSR count). The van der Waals surface area contributed by atoms with Crippen LogP contribution in [0.25, 0.3) is 0 Å². The summed E-state index contributed by atoms with van der Waals surface area (Å²) in [5.74, 6) is 0.124. The Bertz CT molecular complexity index is 247. The van der Waals surface area contributed by atoms with Crippen molar-refractivity contribution in [1.29, 1.82) is 0 Å². The van der Waals surface area contributed by atoms with Crippen molar-refractivity contribution in [3.8, 4) is 0 Å². The number of hydrogen-bond acceptors (Lipinski definition) is 2. The Balaban J connectivity index is 0. The summed E-state index contributed by atoms with van der Waals surface area (Å²) in [6, 6.07) is 0. The first-order valence-electron chi connectivity index (χ1n) is 5.59. The van der Waals surface area contributed by atoms with Gasteiger partial charge in [-0.05, 0) is 27.2 Å². The average Bonchev–Trinajstić information content (AvgIpc) is 2.02. The average molecular weight is 247 g/mol. The van der Waals surface area contributed by atoms with E-state index in [4.69, 9.17) is 0 Å². The van der Waals surface area contributed by atoms with E-state index in [1.807, 2.05) is 41.5 Å². The van der Waals surface area contributed by atoms with Crippen LogP contribution >= 0.6 is 12.6 Å². The van der Waals surface area contributed by atoms with E-state index in [-0.39, 0.29) is 11.0 Å². The Kier molecular flexibility index (Phi) is 7.75. The van der Waals surface area contributed by atoms with E-state index in [2.05, 4.69) is 17.9 Å². The molecule has 0 radical (unpaired) electrons. The number of hydrogen-bond donors (Lipinski definition) is 2. The highest BCUT2D eigenvalue weighted by molar-refractivity contribution is 7.96. The maximum absolute atomic E-state index is 11.3. The van der Waals surface area contributed by atoms with Gasteiger partial charge in [0, 0.05) is 11.0 Å². The predicted octanol–water partition coefficient (Wildman–Crippen LogP) is 3.44. The molecule has 0 unspecified atom stereocenters. The van der Waals surface area contributed by atoms with Gasteiger partial charge in [0.2, 0.25) is 0 Å². The molecule has 3 nitrogen and oxygen atoms in total. The fourth-order valence-corrected chi connectivity index (χ4v) is 1.87. The van der Waals surface area contributed by atoms with Crippen LogP contribution in [0.3, 0.4) is 0 Å². The molecule has 0 aromatic carbocycles. The van der Waals surface area contributed by atoms with Gasteiger partial charge in [0.15, 0.2) is 0 Å². The van der Waals surface area contributed by atoms with E-state index in [0.29, 0.717) is 6.42 Å². The standard InChI is InChI=1S/C10H19NO2S.C2H6/c1-7(12)9(2,3)6-10(4,5)11-8(13)14;1-2/h6H2,1-5H3,(H2,11,13,14);1-2H3. The van der Waals surface area contributed by atoms with E-state index in [9.17, 15) is 9.59 Å². The van der Waals surface area contributed by atoms with Crippen LogP contribution < -0.4 is 5.32 Å². The smallest absolute Gasteiger partial charge is 0.276 e. The molecule has 96 valence electrons. The van der Waals surface area contributed by atoms with Gasteiger partial charge in [0.25, 0.3) is 5.24 Å². The van der Waals surface area contributed by atoms with Gasteiger partial charge in [-0.1, -0.05) is 40.3 Å². The lowest BCUT2D eigenvalue weighted by Gasteiger charge is -2.33. The Labute approximate surface area is 105 Å². The molecule has 0 saturated carbocycles. The minimum atomic E-state index is -0.417. The normalized spacial score (nSPS) is 11.2. The Morgan fingerprint density at radius 2 is 1.50 bits per heavy atom. The molecule has 0 atom stereocenters. The molecule has 0 spiro atoms. The molecule has 0 aliphatic carbocycles. The van der Waals surface area contributed by atoms with Gasteiger partial charge < -0.3 is 5.32 Å². The molecule has 0 saturated heterocycles.